The van der Waals surface area contributed by atoms with Crippen LogP contribution in [0.1, 0.15) is 37.3 Å². The first-order chi connectivity index (χ1) is 14.1. The third-order valence-corrected chi connectivity index (χ3v) is 5.35. The summed E-state index contributed by atoms with van der Waals surface area (Å²) in [5, 5.41) is 3.12. The molecule has 0 spiro atoms. The number of hydrogen-bond acceptors (Lipinski definition) is 3. The molecule has 0 radical (unpaired) electrons. The summed E-state index contributed by atoms with van der Waals surface area (Å²) < 4.78 is 5.75. The number of hydrogen-bond donors (Lipinski definition) is 1. The van der Waals surface area contributed by atoms with Crippen LogP contribution in [-0.4, -0.2) is 41.9 Å². The largest absolute Gasteiger partial charge is 0.364 e. The molecule has 29 heavy (non-hydrogen) atoms. The molecule has 5 heteroatoms. The smallest absolute Gasteiger partial charge is 0.251 e. The van der Waals surface area contributed by atoms with E-state index in [1.807, 2.05) is 72.5 Å². The Bertz CT molecular complexity index is 771. The number of carbonyl (C=O) groups is 2. The molecule has 1 aliphatic rings. The number of ether oxygens (including phenoxy) is 1. The Morgan fingerprint density at radius 2 is 1.59 bits per heavy atom. The van der Waals surface area contributed by atoms with Crippen molar-refractivity contribution in [2.45, 2.75) is 51.4 Å². The lowest BCUT2D eigenvalue weighted by Gasteiger charge is -2.33. The number of piperidine rings is 1. The minimum absolute atomic E-state index is 0.0229. The predicted molar refractivity (Wildman–Crippen MR) is 113 cm³/mol. The average molecular weight is 395 g/mol. The third-order valence-electron chi connectivity index (χ3n) is 5.35. The van der Waals surface area contributed by atoms with Crippen molar-refractivity contribution in [2.75, 3.05) is 13.1 Å². The fourth-order valence-electron chi connectivity index (χ4n) is 3.57. The lowest BCUT2D eigenvalue weighted by molar-refractivity contribution is -0.144. The molecular weight excluding hydrogens is 364 g/mol. The SMILES string of the molecule is CC(OCc1ccccc1)C(=O)N1CCC(NC(=O)CCc2ccccc2)CC1. The van der Waals surface area contributed by atoms with Gasteiger partial charge in [0.15, 0.2) is 0 Å². The van der Waals surface area contributed by atoms with Gasteiger partial charge in [0.25, 0.3) is 5.91 Å². The quantitative estimate of drug-likeness (QED) is 0.747. The number of likely N-dealkylation sites (tertiary alicyclic amines) is 1. The summed E-state index contributed by atoms with van der Waals surface area (Å²) in [6.07, 6.45) is 2.35. The summed E-state index contributed by atoms with van der Waals surface area (Å²) in [5.41, 5.74) is 2.23. The predicted octanol–water partition coefficient (Wildman–Crippen LogP) is 3.33. The van der Waals surface area contributed by atoms with Crippen LogP contribution in [0.25, 0.3) is 0 Å². The summed E-state index contributed by atoms with van der Waals surface area (Å²) in [7, 11) is 0. The molecule has 1 atom stereocenters. The van der Waals surface area contributed by atoms with Crippen LogP contribution in [0.15, 0.2) is 60.7 Å². The number of amides is 2. The Kier molecular flexibility index (Phi) is 7.82. The molecule has 1 aliphatic heterocycles. The third kappa shape index (κ3) is 6.71. The molecule has 0 aliphatic carbocycles. The van der Waals surface area contributed by atoms with Gasteiger partial charge in [-0.1, -0.05) is 60.7 Å². The maximum atomic E-state index is 12.6. The second-order valence-electron chi connectivity index (χ2n) is 7.59. The fraction of sp³-hybridized carbons (Fsp3) is 0.417. The minimum atomic E-state index is -0.466. The van der Waals surface area contributed by atoms with Gasteiger partial charge in [0, 0.05) is 25.6 Å². The highest BCUT2D eigenvalue weighted by Crippen LogP contribution is 2.14. The normalized spacial score (nSPS) is 15.7. The molecule has 0 bridgehead atoms. The van der Waals surface area contributed by atoms with Crippen molar-refractivity contribution in [3.63, 3.8) is 0 Å². The van der Waals surface area contributed by atoms with E-state index in [-0.39, 0.29) is 17.9 Å². The summed E-state index contributed by atoms with van der Waals surface area (Å²) in [6.45, 7) is 3.55. The van der Waals surface area contributed by atoms with Crippen LogP contribution in [0.5, 0.6) is 0 Å². The van der Waals surface area contributed by atoms with Crippen LogP contribution in [0.3, 0.4) is 0 Å². The first-order valence-electron chi connectivity index (χ1n) is 10.4. The molecule has 3 rings (SSSR count). The van der Waals surface area contributed by atoms with E-state index in [9.17, 15) is 9.59 Å². The van der Waals surface area contributed by atoms with Gasteiger partial charge < -0.3 is 15.0 Å². The molecule has 1 fully saturated rings. The van der Waals surface area contributed by atoms with E-state index in [2.05, 4.69) is 5.32 Å². The van der Waals surface area contributed by atoms with Crippen LogP contribution in [-0.2, 0) is 27.4 Å². The van der Waals surface area contributed by atoms with Crippen molar-refractivity contribution in [3.05, 3.63) is 71.8 Å². The van der Waals surface area contributed by atoms with Gasteiger partial charge in [-0.2, -0.15) is 0 Å². The Morgan fingerprint density at radius 1 is 1.00 bits per heavy atom. The fourth-order valence-corrected chi connectivity index (χ4v) is 3.57. The first kappa shape index (κ1) is 21.1. The standard InChI is InChI=1S/C24H30N2O3/c1-19(29-18-21-10-6-3-7-11-21)24(28)26-16-14-22(15-17-26)25-23(27)13-12-20-8-4-2-5-9-20/h2-11,19,22H,12-18H2,1H3,(H,25,27). The molecule has 2 amide bonds. The molecule has 1 heterocycles. The van der Waals surface area contributed by atoms with Gasteiger partial charge in [-0.05, 0) is 37.3 Å². The van der Waals surface area contributed by atoms with Crippen molar-refractivity contribution in [1.82, 2.24) is 10.2 Å². The van der Waals surface area contributed by atoms with Crippen molar-refractivity contribution in [3.8, 4) is 0 Å². The van der Waals surface area contributed by atoms with Crippen LogP contribution in [0.2, 0.25) is 0 Å². The summed E-state index contributed by atoms with van der Waals surface area (Å²) in [6, 6.07) is 20.0. The average Bonchev–Trinajstić information content (AvgIpc) is 2.77. The van der Waals surface area contributed by atoms with Gasteiger partial charge in [-0.3, -0.25) is 9.59 Å². The maximum Gasteiger partial charge on any atom is 0.251 e. The van der Waals surface area contributed by atoms with Crippen LogP contribution >= 0.6 is 0 Å². The van der Waals surface area contributed by atoms with E-state index in [4.69, 9.17) is 4.74 Å². The number of carbonyl (C=O) groups excluding carboxylic acids is 2. The van der Waals surface area contributed by atoms with Gasteiger partial charge in [-0.15, -0.1) is 0 Å². The highest BCUT2D eigenvalue weighted by Gasteiger charge is 2.27. The zero-order chi connectivity index (χ0) is 20.5. The Labute approximate surface area is 173 Å². The van der Waals surface area contributed by atoms with E-state index in [1.54, 1.807) is 0 Å². The molecule has 154 valence electrons. The molecule has 2 aromatic rings. The maximum absolute atomic E-state index is 12.6. The molecule has 1 unspecified atom stereocenters. The zero-order valence-electron chi connectivity index (χ0n) is 17.0. The van der Waals surface area contributed by atoms with E-state index >= 15 is 0 Å². The highest BCUT2D eigenvalue weighted by molar-refractivity contribution is 5.80. The van der Waals surface area contributed by atoms with E-state index in [0.29, 0.717) is 26.1 Å². The zero-order valence-corrected chi connectivity index (χ0v) is 17.0. The highest BCUT2D eigenvalue weighted by atomic mass is 16.5. The summed E-state index contributed by atoms with van der Waals surface area (Å²) >= 11 is 0. The van der Waals surface area contributed by atoms with Gasteiger partial charge in [0.05, 0.1) is 6.61 Å². The molecular formula is C24H30N2O3. The molecule has 0 aromatic heterocycles. The number of benzene rings is 2. The van der Waals surface area contributed by atoms with Crippen molar-refractivity contribution < 1.29 is 14.3 Å². The Balaban J connectivity index is 1.35. The summed E-state index contributed by atoms with van der Waals surface area (Å²) in [5.74, 6) is 0.105. The molecule has 1 saturated heterocycles. The molecule has 5 nitrogen and oxygen atoms in total. The topological polar surface area (TPSA) is 58.6 Å². The van der Waals surface area contributed by atoms with Crippen molar-refractivity contribution in [1.29, 1.82) is 0 Å². The molecule has 0 saturated carbocycles. The van der Waals surface area contributed by atoms with Crippen molar-refractivity contribution >= 4 is 11.8 Å². The second-order valence-corrected chi connectivity index (χ2v) is 7.59. The van der Waals surface area contributed by atoms with Crippen LogP contribution in [0, 0.1) is 0 Å². The van der Waals surface area contributed by atoms with Crippen LogP contribution in [0.4, 0.5) is 0 Å². The van der Waals surface area contributed by atoms with Crippen molar-refractivity contribution in [2.24, 2.45) is 0 Å². The van der Waals surface area contributed by atoms with Gasteiger partial charge in [0.1, 0.15) is 6.10 Å². The van der Waals surface area contributed by atoms with Gasteiger partial charge in [-0.25, -0.2) is 0 Å². The molecule has 2 aromatic carbocycles. The lowest BCUT2D eigenvalue weighted by Crippen LogP contribution is -2.49. The van der Waals surface area contributed by atoms with Crippen LogP contribution < -0.4 is 5.32 Å². The lowest BCUT2D eigenvalue weighted by atomic mass is 10.0. The number of aryl methyl sites for hydroxylation is 1. The first-order valence-corrected chi connectivity index (χ1v) is 10.4. The number of rotatable bonds is 8. The Morgan fingerprint density at radius 3 is 2.21 bits per heavy atom. The molecule has 1 N–H and O–H groups in total. The number of nitrogens with one attached hydrogen (secondary N) is 1. The number of nitrogens with zero attached hydrogens (tertiary/aromatic N) is 1. The summed E-state index contributed by atoms with van der Waals surface area (Å²) in [4.78, 5) is 26.7. The van der Waals surface area contributed by atoms with Gasteiger partial charge >= 0.3 is 0 Å². The second kappa shape index (κ2) is 10.8. The monoisotopic (exact) mass is 394 g/mol. The van der Waals surface area contributed by atoms with E-state index in [0.717, 1.165) is 24.8 Å². The van der Waals surface area contributed by atoms with E-state index in [1.165, 1.54) is 5.56 Å². The Hall–Kier alpha value is -2.66. The minimum Gasteiger partial charge on any atom is -0.364 e. The van der Waals surface area contributed by atoms with E-state index < -0.39 is 6.10 Å². The van der Waals surface area contributed by atoms with Gasteiger partial charge in [0.2, 0.25) is 5.91 Å².